The van der Waals surface area contributed by atoms with Crippen LogP contribution in [0.5, 0.6) is 0 Å². The van der Waals surface area contributed by atoms with Gasteiger partial charge in [-0.1, -0.05) is 27.7 Å². The molecular weight excluding hydrogens is 194 g/mol. The quantitative estimate of drug-likeness (QED) is 0.719. The maximum atomic E-state index is 9.03. The first-order valence-corrected chi connectivity index (χ1v) is 6.38. The highest BCUT2D eigenvalue weighted by Crippen LogP contribution is 2.23. The van der Waals surface area contributed by atoms with Gasteiger partial charge in [-0.15, -0.1) is 0 Å². The van der Waals surface area contributed by atoms with E-state index in [4.69, 9.17) is 5.11 Å². The van der Waals surface area contributed by atoms with Gasteiger partial charge in [-0.05, 0) is 13.3 Å². The lowest BCUT2D eigenvalue weighted by Gasteiger charge is -2.24. The average Bonchev–Trinajstić information content (AvgIpc) is 2.09. The zero-order valence-electron chi connectivity index (χ0n) is 10.1. The lowest BCUT2D eigenvalue weighted by Crippen LogP contribution is -2.40. The van der Waals surface area contributed by atoms with Gasteiger partial charge in [-0.3, -0.25) is 0 Å². The van der Waals surface area contributed by atoms with Crippen LogP contribution in [-0.4, -0.2) is 34.3 Å². The fourth-order valence-electron chi connectivity index (χ4n) is 1.13. The summed E-state index contributed by atoms with van der Waals surface area (Å²) in [6.07, 6.45) is 0.987. The zero-order chi connectivity index (χ0) is 11.2. The first-order chi connectivity index (χ1) is 6.39. The molecule has 0 aromatic heterocycles. The molecule has 3 heteroatoms. The first-order valence-electron chi connectivity index (χ1n) is 5.40. The van der Waals surface area contributed by atoms with Gasteiger partial charge < -0.3 is 10.4 Å². The number of hydrogen-bond acceptors (Lipinski definition) is 3. The molecule has 0 fully saturated rings. The van der Waals surface area contributed by atoms with E-state index in [0.29, 0.717) is 10.8 Å². The summed E-state index contributed by atoms with van der Waals surface area (Å²) in [6, 6.07) is 0.724. The van der Waals surface area contributed by atoms with Crippen molar-refractivity contribution in [3.05, 3.63) is 0 Å². The molecule has 0 aliphatic carbocycles. The van der Waals surface area contributed by atoms with Crippen LogP contribution in [-0.2, 0) is 0 Å². The smallest absolute Gasteiger partial charge is 0.0584 e. The molecule has 0 heterocycles. The third-order valence-electron chi connectivity index (χ3n) is 2.00. The summed E-state index contributed by atoms with van der Waals surface area (Å²) < 4.78 is 0.330. The molecule has 14 heavy (non-hydrogen) atoms. The molecule has 2 nitrogen and oxygen atoms in total. The monoisotopic (exact) mass is 219 g/mol. The highest BCUT2D eigenvalue weighted by molar-refractivity contribution is 8.00. The van der Waals surface area contributed by atoms with Crippen molar-refractivity contribution in [2.45, 2.75) is 57.9 Å². The summed E-state index contributed by atoms with van der Waals surface area (Å²) in [5.41, 5.74) is 0. The Balaban J connectivity index is 3.69. The Hall–Kier alpha value is 0.270. The third-order valence-corrected chi connectivity index (χ3v) is 3.53. The summed E-state index contributed by atoms with van der Waals surface area (Å²) in [7, 11) is 0. The van der Waals surface area contributed by atoms with Crippen LogP contribution in [0, 0.1) is 0 Å². The topological polar surface area (TPSA) is 32.3 Å². The van der Waals surface area contributed by atoms with Gasteiger partial charge in [0.1, 0.15) is 0 Å². The number of hydrogen-bond donors (Lipinski definition) is 2. The summed E-state index contributed by atoms with van der Waals surface area (Å²) in [4.78, 5) is 0. The second kappa shape index (κ2) is 6.70. The molecule has 0 aliphatic rings. The Labute approximate surface area is 92.9 Å². The number of thioether (sulfide) groups is 1. The van der Waals surface area contributed by atoms with E-state index in [2.05, 4.69) is 39.9 Å². The fourth-order valence-corrected chi connectivity index (χ4v) is 1.97. The van der Waals surface area contributed by atoms with E-state index in [-0.39, 0.29) is 12.6 Å². The van der Waals surface area contributed by atoms with Crippen molar-refractivity contribution in [2.75, 3.05) is 12.4 Å². The lowest BCUT2D eigenvalue weighted by molar-refractivity contribution is 0.232. The Bertz CT molecular complexity index is 141. The third kappa shape index (κ3) is 7.65. The summed E-state index contributed by atoms with van der Waals surface area (Å²) in [5, 5.41) is 12.5. The van der Waals surface area contributed by atoms with E-state index in [1.54, 1.807) is 0 Å². The second-order valence-electron chi connectivity index (χ2n) is 4.78. The van der Waals surface area contributed by atoms with Crippen molar-refractivity contribution in [1.29, 1.82) is 0 Å². The number of aliphatic hydroxyl groups is 1. The van der Waals surface area contributed by atoms with Crippen LogP contribution in [0.1, 0.15) is 41.0 Å². The predicted octanol–water partition coefficient (Wildman–Crippen LogP) is 2.27. The summed E-state index contributed by atoms with van der Waals surface area (Å²) in [5.74, 6) is 1.10. The van der Waals surface area contributed by atoms with Gasteiger partial charge in [0.15, 0.2) is 0 Å². The fraction of sp³-hybridized carbons (Fsp3) is 1.00. The number of aliphatic hydroxyl groups excluding tert-OH is 1. The van der Waals surface area contributed by atoms with E-state index in [0.717, 1.165) is 12.2 Å². The van der Waals surface area contributed by atoms with Crippen LogP contribution in [0.25, 0.3) is 0 Å². The van der Waals surface area contributed by atoms with E-state index < -0.39 is 0 Å². The first kappa shape index (κ1) is 14.3. The van der Waals surface area contributed by atoms with Gasteiger partial charge in [0.25, 0.3) is 0 Å². The maximum Gasteiger partial charge on any atom is 0.0584 e. The Morgan fingerprint density at radius 3 is 2.29 bits per heavy atom. The molecule has 0 aromatic rings. The van der Waals surface area contributed by atoms with Crippen LogP contribution in [0.15, 0.2) is 0 Å². The molecule has 0 aliphatic heterocycles. The maximum absolute atomic E-state index is 9.03. The molecule has 0 aromatic carbocycles. The minimum Gasteiger partial charge on any atom is -0.395 e. The molecule has 2 N–H and O–H groups in total. The van der Waals surface area contributed by atoms with Crippen LogP contribution < -0.4 is 5.32 Å². The van der Waals surface area contributed by atoms with Gasteiger partial charge in [0.2, 0.25) is 0 Å². The average molecular weight is 219 g/mol. The highest BCUT2D eigenvalue weighted by Gasteiger charge is 2.14. The molecule has 0 saturated heterocycles. The largest absolute Gasteiger partial charge is 0.395 e. The summed E-state index contributed by atoms with van der Waals surface area (Å²) >= 11 is 1.96. The van der Waals surface area contributed by atoms with E-state index >= 15 is 0 Å². The van der Waals surface area contributed by atoms with E-state index in [9.17, 15) is 0 Å². The SMILES string of the molecule is CCC(CO)NC(C)CSC(C)(C)C. The molecule has 0 rings (SSSR count). The van der Waals surface area contributed by atoms with Crippen molar-refractivity contribution in [3.8, 4) is 0 Å². The molecule has 0 bridgehead atoms. The van der Waals surface area contributed by atoms with Gasteiger partial charge in [-0.2, -0.15) is 11.8 Å². The van der Waals surface area contributed by atoms with Gasteiger partial charge in [0, 0.05) is 22.6 Å². The van der Waals surface area contributed by atoms with Gasteiger partial charge in [-0.25, -0.2) is 0 Å². The van der Waals surface area contributed by atoms with Crippen molar-refractivity contribution >= 4 is 11.8 Å². The van der Waals surface area contributed by atoms with Crippen molar-refractivity contribution in [3.63, 3.8) is 0 Å². The standard InChI is InChI=1S/C11H25NOS/c1-6-10(7-13)12-9(2)8-14-11(3,4)5/h9-10,12-13H,6-8H2,1-5H3. The normalized spacial score (nSPS) is 16.7. The lowest BCUT2D eigenvalue weighted by atomic mass is 10.2. The summed E-state index contributed by atoms with van der Waals surface area (Å²) in [6.45, 7) is 11.2. The Kier molecular flexibility index (Phi) is 6.83. The Morgan fingerprint density at radius 2 is 1.93 bits per heavy atom. The van der Waals surface area contributed by atoms with Crippen molar-refractivity contribution in [2.24, 2.45) is 0 Å². The van der Waals surface area contributed by atoms with Crippen molar-refractivity contribution < 1.29 is 5.11 Å². The predicted molar refractivity (Wildman–Crippen MR) is 66.0 cm³/mol. The molecule has 0 amide bonds. The minimum absolute atomic E-state index is 0.237. The van der Waals surface area contributed by atoms with Gasteiger partial charge in [0.05, 0.1) is 6.61 Å². The minimum atomic E-state index is 0.237. The molecule has 0 saturated carbocycles. The number of rotatable bonds is 6. The molecule has 0 spiro atoms. The second-order valence-corrected chi connectivity index (χ2v) is 6.63. The van der Waals surface area contributed by atoms with Crippen LogP contribution in [0.2, 0.25) is 0 Å². The molecule has 86 valence electrons. The van der Waals surface area contributed by atoms with Crippen LogP contribution >= 0.6 is 11.8 Å². The molecule has 2 atom stereocenters. The van der Waals surface area contributed by atoms with Crippen LogP contribution in [0.4, 0.5) is 0 Å². The van der Waals surface area contributed by atoms with Crippen molar-refractivity contribution in [1.82, 2.24) is 5.32 Å². The Morgan fingerprint density at radius 1 is 1.36 bits per heavy atom. The van der Waals surface area contributed by atoms with E-state index in [1.165, 1.54) is 0 Å². The molecule has 0 radical (unpaired) electrons. The highest BCUT2D eigenvalue weighted by atomic mass is 32.2. The zero-order valence-corrected chi connectivity index (χ0v) is 10.9. The van der Waals surface area contributed by atoms with Gasteiger partial charge >= 0.3 is 0 Å². The van der Waals surface area contributed by atoms with E-state index in [1.807, 2.05) is 11.8 Å². The molecular formula is C11H25NOS. The molecule has 2 unspecified atom stereocenters. The van der Waals surface area contributed by atoms with Crippen LogP contribution in [0.3, 0.4) is 0 Å². The number of nitrogens with one attached hydrogen (secondary N) is 1.